The van der Waals surface area contributed by atoms with Crippen molar-refractivity contribution in [2.75, 3.05) is 19.0 Å². The molecule has 0 radical (unpaired) electrons. The molecule has 0 unspecified atom stereocenters. The quantitative estimate of drug-likeness (QED) is 0.819. The Morgan fingerprint density at radius 3 is 2.95 bits per heavy atom. The zero-order valence-electron chi connectivity index (χ0n) is 12.7. The summed E-state index contributed by atoms with van der Waals surface area (Å²) in [6.07, 6.45) is 4.57. The SMILES string of the molecule is COc1ccccc1NCC(=O)N/N=C1/CCCC[C@H]1C. The highest BCUT2D eigenvalue weighted by Gasteiger charge is 2.16. The number of nitrogens with one attached hydrogen (secondary N) is 2. The molecule has 1 aliphatic rings. The number of carbonyl (C=O) groups is 1. The van der Waals surface area contributed by atoms with E-state index in [1.807, 2.05) is 24.3 Å². The summed E-state index contributed by atoms with van der Waals surface area (Å²) in [4.78, 5) is 11.8. The Hall–Kier alpha value is -2.04. The van der Waals surface area contributed by atoms with Gasteiger partial charge in [0.25, 0.3) is 5.91 Å². The third-order valence-corrected chi connectivity index (χ3v) is 3.76. The molecular formula is C16H23N3O2. The summed E-state index contributed by atoms with van der Waals surface area (Å²) in [6.45, 7) is 2.34. The Kier molecular flexibility index (Phi) is 5.60. The summed E-state index contributed by atoms with van der Waals surface area (Å²) < 4.78 is 5.23. The molecule has 2 rings (SSSR count). The van der Waals surface area contributed by atoms with Crippen LogP contribution in [0.3, 0.4) is 0 Å². The molecule has 5 nitrogen and oxygen atoms in total. The normalized spacial score (nSPS) is 20.1. The van der Waals surface area contributed by atoms with Gasteiger partial charge >= 0.3 is 0 Å². The van der Waals surface area contributed by atoms with Crippen LogP contribution in [0, 0.1) is 5.92 Å². The predicted octanol–water partition coefficient (Wildman–Crippen LogP) is 2.79. The van der Waals surface area contributed by atoms with E-state index in [-0.39, 0.29) is 12.5 Å². The van der Waals surface area contributed by atoms with Crippen LogP contribution in [0.4, 0.5) is 5.69 Å². The number of methoxy groups -OCH3 is 1. The number of amides is 1. The van der Waals surface area contributed by atoms with Crippen LogP contribution in [-0.4, -0.2) is 25.3 Å². The van der Waals surface area contributed by atoms with E-state index in [4.69, 9.17) is 4.74 Å². The van der Waals surface area contributed by atoms with Gasteiger partial charge in [0, 0.05) is 5.71 Å². The number of para-hydroxylation sites is 2. The molecule has 114 valence electrons. The molecule has 0 bridgehead atoms. The van der Waals surface area contributed by atoms with Gasteiger partial charge in [0.1, 0.15) is 5.75 Å². The molecule has 1 amide bonds. The smallest absolute Gasteiger partial charge is 0.259 e. The summed E-state index contributed by atoms with van der Waals surface area (Å²) in [5.41, 5.74) is 4.54. The lowest BCUT2D eigenvalue weighted by molar-refractivity contribution is -0.119. The van der Waals surface area contributed by atoms with Crippen LogP contribution < -0.4 is 15.5 Å². The maximum atomic E-state index is 11.8. The number of ether oxygens (including phenoxy) is 1. The second-order valence-corrected chi connectivity index (χ2v) is 5.34. The number of carbonyl (C=O) groups excluding carboxylic acids is 1. The van der Waals surface area contributed by atoms with Gasteiger partial charge in [-0.15, -0.1) is 0 Å². The Morgan fingerprint density at radius 1 is 1.38 bits per heavy atom. The van der Waals surface area contributed by atoms with Crippen LogP contribution in [0.5, 0.6) is 5.75 Å². The number of hydrogen-bond acceptors (Lipinski definition) is 4. The van der Waals surface area contributed by atoms with E-state index in [0.717, 1.165) is 30.0 Å². The average molecular weight is 289 g/mol. The molecule has 0 aromatic heterocycles. The van der Waals surface area contributed by atoms with Gasteiger partial charge in [-0.2, -0.15) is 5.10 Å². The predicted molar refractivity (Wildman–Crippen MR) is 84.7 cm³/mol. The summed E-state index contributed by atoms with van der Waals surface area (Å²) in [5.74, 6) is 1.05. The third-order valence-electron chi connectivity index (χ3n) is 3.76. The molecule has 0 saturated heterocycles. The first-order valence-corrected chi connectivity index (χ1v) is 7.43. The van der Waals surface area contributed by atoms with Crippen LogP contribution in [0.15, 0.2) is 29.4 Å². The van der Waals surface area contributed by atoms with Crippen molar-refractivity contribution in [1.29, 1.82) is 0 Å². The van der Waals surface area contributed by atoms with Crippen molar-refractivity contribution in [3.63, 3.8) is 0 Å². The highest BCUT2D eigenvalue weighted by Crippen LogP contribution is 2.22. The molecule has 1 aromatic rings. The number of hydrazone groups is 1. The summed E-state index contributed by atoms with van der Waals surface area (Å²) in [6, 6.07) is 7.51. The lowest BCUT2D eigenvalue weighted by atomic mass is 9.89. The van der Waals surface area contributed by atoms with Crippen molar-refractivity contribution in [2.45, 2.75) is 32.6 Å². The van der Waals surface area contributed by atoms with Crippen molar-refractivity contribution in [1.82, 2.24) is 5.43 Å². The van der Waals surface area contributed by atoms with Crippen molar-refractivity contribution in [3.8, 4) is 5.75 Å². The second-order valence-electron chi connectivity index (χ2n) is 5.34. The van der Waals surface area contributed by atoms with Crippen LogP contribution in [0.2, 0.25) is 0 Å². The Morgan fingerprint density at radius 2 is 2.19 bits per heavy atom. The summed E-state index contributed by atoms with van der Waals surface area (Å²) >= 11 is 0. The monoisotopic (exact) mass is 289 g/mol. The van der Waals surface area contributed by atoms with E-state index >= 15 is 0 Å². The van der Waals surface area contributed by atoms with E-state index in [1.165, 1.54) is 12.8 Å². The third kappa shape index (κ3) is 4.48. The van der Waals surface area contributed by atoms with E-state index in [2.05, 4.69) is 22.8 Å². The second kappa shape index (κ2) is 7.67. The molecule has 1 atom stereocenters. The molecule has 1 fully saturated rings. The fourth-order valence-corrected chi connectivity index (χ4v) is 2.48. The Balaban J connectivity index is 1.83. The van der Waals surface area contributed by atoms with Gasteiger partial charge in [0.15, 0.2) is 0 Å². The average Bonchev–Trinajstić information content (AvgIpc) is 2.52. The van der Waals surface area contributed by atoms with Crippen LogP contribution in [0.1, 0.15) is 32.6 Å². The number of hydrogen-bond donors (Lipinski definition) is 2. The lowest BCUT2D eigenvalue weighted by Gasteiger charge is -2.19. The van der Waals surface area contributed by atoms with Gasteiger partial charge < -0.3 is 10.1 Å². The van der Waals surface area contributed by atoms with Crippen molar-refractivity contribution in [2.24, 2.45) is 11.0 Å². The van der Waals surface area contributed by atoms with Gasteiger partial charge in [-0.05, 0) is 37.3 Å². The van der Waals surface area contributed by atoms with Crippen molar-refractivity contribution in [3.05, 3.63) is 24.3 Å². The van der Waals surface area contributed by atoms with Gasteiger partial charge in [-0.1, -0.05) is 25.5 Å². The fraction of sp³-hybridized carbons (Fsp3) is 0.500. The van der Waals surface area contributed by atoms with Gasteiger partial charge in [0.2, 0.25) is 0 Å². The minimum Gasteiger partial charge on any atom is -0.495 e. The Bertz CT molecular complexity index is 514. The molecule has 5 heteroatoms. The maximum Gasteiger partial charge on any atom is 0.259 e. The summed E-state index contributed by atoms with van der Waals surface area (Å²) in [7, 11) is 1.61. The zero-order chi connectivity index (χ0) is 15.1. The van der Waals surface area contributed by atoms with Gasteiger partial charge in [-0.3, -0.25) is 4.79 Å². The number of rotatable bonds is 5. The topological polar surface area (TPSA) is 62.7 Å². The van der Waals surface area contributed by atoms with Crippen LogP contribution >= 0.6 is 0 Å². The number of benzene rings is 1. The van der Waals surface area contributed by atoms with E-state index in [1.54, 1.807) is 7.11 Å². The molecular weight excluding hydrogens is 266 g/mol. The highest BCUT2D eigenvalue weighted by molar-refractivity contribution is 5.89. The molecule has 0 heterocycles. The molecule has 1 aliphatic carbocycles. The summed E-state index contributed by atoms with van der Waals surface area (Å²) in [5, 5.41) is 7.32. The lowest BCUT2D eigenvalue weighted by Crippen LogP contribution is -2.29. The van der Waals surface area contributed by atoms with E-state index in [0.29, 0.717) is 5.92 Å². The molecule has 21 heavy (non-hydrogen) atoms. The van der Waals surface area contributed by atoms with E-state index < -0.39 is 0 Å². The molecule has 1 aromatic carbocycles. The fourth-order valence-electron chi connectivity index (χ4n) is 2.48. The number of nitrogens with zero attached hydrogens (tertiary/aromatic N) is 1. The van der Waals surface area contributed by atoms with E-state index in [9.17, 15) is 4.79 Å². The van der Waals surface area contributed by atoms with Crippen LogP contribution in [-0.2, 0) is 4.79 Å². The number of anilines is 1. The largest absolute Gasteiger partial charge is 0.495 e. The van der Waals surface area contributed by atoms with Gasteiger partial charge in [-0.25, -0.2) is 5.43 Å². The highest BCUT2D eigenvalue weighted by atomic mass is 16.5. The molecule has 0 spiro atoms. The molecule has 2 N–H and O–H groups in total. The first-order chi connectivity index (χ1) is 10.2. The maximum absolute atomic E-state index is 11.8. The zero-order valence-corrected chi connectivity index (χ0v) is 12.7. The Labute approximate surface area is 125 Å². The first kappa shape index (κ1) is 15.4. The first-order valence-electron chi connectivity index (χ1n) is 7.43. The van der Waals surface area contributed by atoms with Gasteiger partial charge in [0.05, 0.1) is 19.3 Å². The van der Waals surface area contributed by atoms with Crippen LogP contribution in [0.25, 0.3) is 0 Å². The van der Waals surface area contributed by atoms with Crippen molar-refractivity contribution < 1.29 is 9.53 Å². The molecule has 0 aliphatic heterocycles. The van der Waals surface area contributed by atoms with Crippen molar-refractivity contribution >= 4 is 17.3 Å². The minimum absolute atomic E-state index is 0.147. The molecule has 1 saturated carbocycles. The minimum atomic E-state index is -0.147. The standard InChI is InChI=1S/C16H23N3O2/c1-12-7-3-4-8-13(12)18-19-16(20)11-17-14-9-5-6-10-15(14)21-2/h5-6,9-10,12,17H,3-4,7-8,11H2,1-2H3,(H,19,20)/b18-13-/t12-/m1/s1.